The van der Waals surface area contributed by atoms with E-state index in [1.165, 1.54) is 25.7 Å². The maximum atomic E-state index is 17.5. The standard InChI is InChI=1S/C60H74ClFN10O8/c1-58(2,3)80-57(76)72-40-7-8-41(72)32-70(31-40)53-45-28-63-51(44-24-42(79-35-77-4)25-46(61)49(44)37-5-6-37)50(62)52(45)65-56(66-53)78-34-60(13-14-60)33-68-17-15-59(16-18-68)26-36(27-59)29-67-19-21-69(22-20-67)39-9-10-43-38(23-39)30-71(55(43)75)47-11-12-48(73)64-54(47)74/h9-10,23-25,28,36-37,40-41,47H,5-8,11-22,26-27,29-35H2,1-4H3,(H,64,73,74)/t40?,41?,47-/m0/s1. The molecule has 6 aliphatic heterocycles. The molecule has 8 fully saturated rings. The number of halogens is 2. The maximum Gasteiger partial charge on any atom is 0.410 e. The summed E-state index contributed by atoms with van der Waals surface area (Å²) < 4.78 is 41.0. The van der Waals surface area contributed by atoms with Crippen molar-refractivity contribution < 1.29 is 42.5 Å². The average molecular weight is 1120 g/mol. The number of aromatic nitrogens is 3. The number of likely N-dealkylation sites (tertiary alicyclic amines) is 1. The number of imide groups is 1. The summed E-state index contributed by atoms with van der Waals surface area (Å²) in [6, 6.07) is 8.95. The molecule has 3 atom stereocenters. The molecular formula is C60H74ClFN10O8. The van der Waals surface area contributed by atoms with E-state index in [0.717, 1.165) is 108 Å². The van der Waals surface area contributed by atoms with E-state index in [-0.39, 0.29) is 77.7 Å². The zero-order valence-electron chi connectivity index (χ0n) is 46.6. The number of piperazine rings is 2. The van der Waals surface area contributed by atoms with Gasteiger partial charge in [0.1, 0.15) is 34.4 Å². The molecule has 0 radical (unpaired) electrons. The Hall–Kier alpha value is -5.89. The van der Waals surface area contributed by atoms with Gasteiger partial charge in [-0.25, -0.2) is 9.18 Å². The first-order valence-electron chi connectivity index (χ1n) is 29.2. The van der Waals surface area contributed by atoms with Crippen molar-refractivity contribution in [3.63, 3.8) is 0 Å². The van der Waals surface area contributed by atoms with E-state index in [1.54, 1.807) is 30.3 Å². The van der Waals surface area contributed by atoms with Crippen LogP contribution in [0.1, 0.15) is 125 Å². The van der Waals surface area contributed by atoms with Crippen LogP contribution in [0.5, 0.6) is 11.8 Å². The number of amides is 4. The van der Waals surface area contributed by atoms with Gasteiger partial charge in [-0.2, -0.15) is 9.97 Å². The number of carbonyl (C=O) groups excluding carboxylic acids is 4. The van der Waals surface area contributed by atoms with Gasteiger partial charge >= 0.3 is 12.1 Å². The highest BCUT2D eigenvalue weighted by atomic mass is 35.5. The zero-order valence-corrected chi connectivity index (χ0v) is 47.3. The molecular weight excluding hydrogens is 1040 g/mol. The number of nitrogens with zero attached hydrogens (tertiary/aromatic N) is 9. The van der Waals surface area contributed by atoms with Crippen LogP contribution in [0.15, 0.2) is 36.5 Å². The number of rotatable bonds is 15. The Balaban J connectivity index is 0.640. The summed E-state index contributed by atoms with van der Waals surface area (Å²) in [5, 5.41) is 3.37. The molecule has 20 heteroatoms. The lowest BCUT2D eigenvalue weighted by Crippen LogP contribution is -2.57. The highest BCUT2D eigenvalue weighted by Gasteiger charge is 2.50. The third kappa shape index (κ3) is 10.5. The average Bonchev–Trinajstić information content (AvgIpc) is 4.43. The Kier molecular flexibility index (Phi) is 13.9. The molecule has 9 aliphatic rings. The number of ether oxygens (including phenoxy) is 4. The summed E-state index contributed by atoms with van der Waals surface area (Å²) in [5.41, 5.74) is 4.18. The fraction of sp³-hybridized carbons (Fsp3) is 0.617. The third-order valence-corrected chi connectivity index (χ3v) is 19.2. The molecule has 1 N–H and O–H groups in total. The van der Waals surface area contributed by atoms with Crippen molar-refractivity contribution in [2.45, 2.75) is 134 Å². The van der Waals surface area contributed by atoms with Gasteiger partial charge in [0.2, 0.25) is 11.8 Å². The molecule has 13 rings (SSSR count). The number of hydrogen-bond acceptors (Lipinski definition) is 15. The van der Waals surface area contributed by atoms with Crippen LogP contribution in [-0.2, 0) is 25.6 Å². The van der Waals surface area contributed by atoms with E-state index in [2.05, 4.69) is 31.0 Å². The third-order valence-electron chi connectivity index (χ3n) is 18.9. The quantitative estimate of drug-likeness (QED) is 0.0891. The molecule has 8 heterocycles. The van der Waals surface area contributed by atoms with Crippen LogP contribution in [0.25, 0.3) is 22.2 Å². The van der Waals surface area contributed by atoms with Crippen molar-refractivity contribution in [1.82, 2.24) is 39.9 Å². The first-order chi connectivity index (χ1) is 38.5. The number of nitrogens with one attached hydrogen (secondary N) is 1. The predicted octanol–water partition coefficient (Wildman–Crippen LogP) is 8.17. The van der Waals surface area contributed by atoms with Crippen LogP contribution < -0.4 is 24.6 Å². The minimum absolute atomic E-state index is 0.0133. The number of pyridine rings is 1. The van der Waals surface area contributed by atoms with Crippen LogP contribution in [0.3, 0.4) is 0 Å². The molecule has 3 saturated carbocycles. The molecule has 5 saturated heterocycles. The van der Waals surface area contributed by atoms with E-state index >= 15 is 4.39 Å². The zero-order chi connectivity index (χ0) is 55.2. The topological polar surface area (TPSA) is 175 Å². The van der Waals surface area contributed by atoms with E-state index in [0.29, 0.717) is 77.1 Å². The summed E-state index contributed by atoms with van der Waals surface area (Å²) in [6.07, 6.45) is 12.6. The fourth-order valence-electron chi connectivity index (χ4n) is 14.4. The molecule has 4 aromatic rings. The number of hydrogen-bond donors (Lipinski definition) is 1. The molecule has 2 aromatic carbocycles. The normalized spacial score (nSPS) is 24.8. The Bertz CT molecular complexity index is 3090. The Morgan fingerprint density at radius 3 is 2.30 bits per heavy atom. The lowest BCUT2D eigenvalue weighted by molar-refractivity contribution is -0.136. The van der Waals surface area contributed by atoms with E-state index in [4.69, 9.17) is 45.5 Å². The van der Waals surface area contributed by atoms with Gasteiger partial charge in [-0.05, 0) is 163 Å². The summed E-state index contributed by atoms with van der Waals surface area (Å²) in [4.78, 5) is 79.1. The monoisotopic (exact) mass is 1120 g/mol. The van der Waals surface area contributed by atoms with Gasteiger partial charge in [0.25, 0.3) is 5.91 Å². The van der Waals surface area contributed by atoms with E-state index in [1.807, 2.05) is 37.8 Å². The minimum Gasteiger partial charge on any atom is -0.467 e. The fourth-order valence-corrected chi connectivity index (χ4v) is 14.8. The first-order valence-corrected chi connectivity index (χ1v) is 29.6. The number of anilines is 2. The molecule has 18 nitrogen and oxygen atoms in total. The summed E-state index contributed by atoms with van der Waals surface area (Å²) in [7, 11) is 1.55. The SMILES string of the molecule is COCOc1cc(Cl)c(C2CC2)c(-c2ncc3c(N4CC5CCC(C4)N5C(=O)OC(C)(C)C)nc(OCC4(CN5CCC6(CC5)CC(CN5CCN(c7ccc8c(c7)CN([C@H]7CCC(=O)NC7=O)C8=O)CC5)C6)CC4)nc3c2F)c1. The smallest absolute Gasteiger partial charge is 0.410 e. The molecule has 3 aliphatic carbocycles. The van der Waals surface area contributed by atoms with Crippen LogP contribution in [0, 0.1) is 22.6 Å². The van der Waals surface area contributed by atoms with Crippen molar-refractivity contribution in [3.05, 3.63) is 64.1 Å². The number of benzene rings is 2. The van der Waals surface area contributed by atoms with Crippen LogP contribution in [0.2, 0.25) is 5.02 Å². The number of fused-ring (bicyclic) bond motifs is 4. The van der Waals surface area contributed by atoms with Gasteiger partial charge in [-0.1, -0.05) is 11.6 Å². The Morgan fingerprint density at radius 1 is 0.863 bits per heavy atom. The molecule has 2 unspecified atom stereocenters. The van der Waals surface area contributed by atoms with E-state index < -0.39 is 17.5 Å². The second-order valence-corrected chi connectivity index (χ2v) is 26.2. The van der Waals surface area contributed by atoms with Gasteiger partial charge < -0.3 is 38.5 Å². The highest BCUT2D eigenvalue weighted by Crippen LogP contribution is 2.55. The molecule has 2 bridgehead atoms. The first kappa shape index (κ1) is 53.4. The van der Waals surface area contributed by atoms with Gasteiger partial charge in [0.05, 0.1) is 24.1 Å². The van der Waals surface area contributed by atoms with Gasteiger partial charge in [-0.15, -0.1) is 0 Å². The molecule has 80 heavy (non-hydrogen) atoms. The van der Waals surface area contributed by atoms with Crippen molar-refractivity contribution in [3.8, 4) is 23.0 Å². The van der Waals surface area contributed by atoms with Crippen LogP contribution >= 0.6 is 11.6 Å². The molecule has 1 spiro atoms. The van der Waals surface area contributed by atoms with Crippen LogP contribution in [-0.4, -0.2) is 168 Å². The molecule has 4 amide bonds. The molecule has 426 valence electrons. The second kappa shape index (κ2) is 20.8. The van der Waals surface area contributed by atoms with E-state index in [9.17, 15) is 19.2 Å². The van der Waals surface area contributed by atoms with Gasteiger partial charge in [-0.3, -0.25) is 34.5 Å². The summed E-state index contributed by atoms with van der Waals surface area (Å²) in [5.74, 6) is 0.536. The number of piperidine rings is 2. The maximum absolute atomic E-state index is 17.5. The van der Waals surface area contributed by atoms with Crippen LogP contribution in [0.4, 0.5) is 20.7 Å². The Labute approximate surface area is 471 Å². The predicted molar refractivity (Wildman–Crippen MR) is 298 cm³/mol. The van der Waals surface area contributed by atoms with Gasteiger partial charge in [0, 0.05) is 106 Å². The van der Waals surface area contributed by atoms with Crippen molar-refractivity contribution >= 4 is 57.8 Å². The second-order valence-electron chi connectivity index (χ2n) is 25.8. The lowest BCUT2D eigenvalue weighted by atomic mass is 9.57. The van der Waals surface area contributed by atoms with Crippen molar-refractivity contribution in [2.24, 2.45) is 16.7 Å². The van der Waals surface area contributed by atoms with Gasteiger partial charge in [0.15, 0.2) is 12.6 Å². The number of carbonyl (C=O) groups is 4. The largest absolute Gasteiger partial charge is 0.467 e. The number of methoxy groups -OCH3 is 1. The Morgan fingerprint density at radius 2 is 1.61 bits per heavy atom. The minimum atomic E-state index is -0.618. The lowest BCUT2D eigenvalue weighted by Gasteiger charge is -2.54. The summed E-state index contributed by atoms with van der Waals surface area (Å²) in [6.45, 7) is 15.6. The highest BCUT2D eigenvalue weighted by molar-refractivity contribution is 6.32. The van der Waals surface area contributed by atoms with Crippen molar-refractivity contribution in [2.75, 3.05) is 95.8 Å². The molecule has 2 aromatic heterocycles. The summed E-state index contributed by atoms with van der Waals surface area (Å²) >= 11 is 6.91. The van der Waals surface area contributed by atoms with Crippen molar-refractivity contribution in [1.29, 1.82) is 0 Å².